The molecule has 1 aromatic rings. The van der Waals surface area contributed by atoms with Crippen LogP contribution in [0.15, 0.2) is 30.3 Å². The average molecular weight is 222 g/mol. The molecule has 0 radical (unpaired) electrons. The summed E-state index contributed by atoms with van der Waals surface area (Å²) in [7, 11) is 0. The fourth-order valence-electron chi connectivity index (χ4n) is 1.74. The first kappa shape index (κ1) is 12.7. The van der Waals surface area contributed by atoms with Crippen LogP contribution in [0.4, 0.5) is 4.79 Å². The lowest BCUT2D eigenvalue weighted by atomic mass is 10.3. The van der Waals surface area contributed by atoms with Crippen molar-refractivity contribution in [2.75, 3.05) is 19.6 Å². The van der Waals surface area contributed by atoms with E-state index in [1.54, 1.807) is 12.1 Å². The van der Waals surface area contributed by atoms with E-state index in [1.165, 1.54) is 0 Å². The number of ether oxygens (including phenoxy) is 1. The van der Waals surface area contributed by atoms with Crippen LogP contribution in [0.5, 0.6) is 5.75 Å². The van der Waals surface area contributed by atoms with E-state index in [2.05, 4.69) is 0 Å². The minimum Gasteiger partial charge on any atom is -0.381 e. The van der Waals surface area contributed by atoms with E-state index in [1.807, 2.05) is 39.0 Å². The highest BCUT2D eigenvalue weighted by molar-refractivity contribution is 5.63. The van der Waals surface area contributed by atoms with E-state index in [0.29, 0.717) is 10.2 Å². The average Bonchev–Trinajstić information content (AvgIpc) is 2.33. The summed E-state index contributed by atoms with van der Waals surface area (Å²) < 4.78 is 5.76. The van der Waals surface area contributed by atoms with Gasteiger partial charge in [-0.25, -0.2) is 4.48 Å². The molecule has 0 aliphatic heterocycles. The molecule has 16 heavy (non-hydrogen) atoms. The van der Waals surface area contributed by atoms with Crippen molar-refractivity contribution >= 4 is 6.09 Å². The maximum atomic E-state index is 12.1. The van der Waals surface area contributed by atoms with Crippen molar-refractivity contribution < 1.29 is 14.0 Å². The standard InChI is InChI=1S/C13H20NO2/c1-4-14(5-2,6-3)13(15)16-12-10-8-7-9-11-12/h7-11H,4-6H2,1-3H3/q+1. The number of hydrogen-bond donors (Lipinski definition) is 0. The molecule has 0 saturated carbocycles. The number of amides is 1. The monoisotopic (exact) mass is 222 g/mol. The summed E-state index contributed by atoms with van der Waals surface area (Å²) in [6, 6.07) is 9.22. The number of rotatable bonds is 4. The number of carbonyl (C=O) groups excluding carboxylic acids is 1. The van der Waals surface area contributed by atoms with E-state index in [4.69, 9.17) is 4.74 Å². The van der Waals surface area contributed by atoms with Gasteiger partial charge in [-0.2, -0.15) is 4.79 Å². The Morgan fingerprint density at radius 1 is 1.06 bits per heavy atom. The molecule has 0 bridgehead atoms. The number of benzene rings is 1. The Morgan fingerprint density at radius 2 is 1.56 bits per heavy atom. The normalized spacial score (nSPS) is 11.2. The van der Waals surface area contributed by atoms with Crippen LogP contribution in [0.3, 0.4) is 0 Å². The maximum absolute atomic E-state index is 12.1. The SMILES string of the molecule is CC[N+](CC)(CC)C(=O)Oc1ccccc1. The van der Waals surface area contributed by atoms with Gasteiger partial charge in [-0.05, 0) is 32.9 Å². The summed E-state index contributed by atoms with van der Waals surface area (Å²) >= 11 is 0. The minimum absolute atomic E-state index is 0.168. The minimum atomic E-state index is -0.168. The van der Waals surface area contributed by atoms with E-state index in [9.17, 15) is 4.79 Å². The van der Waals surface area contributed by atoms with Gasteiger partial charge in [0.05, 0.1) is 19.6 Å². The van der Waals surface area contributed by atoms with Gasteiger partial charge >= 0.3 is 6.09 Å². The lowest BCUT2D eigenvalue weighted by Crippen LogP contribution is -2.53. The molecule has 3 heteroatoms. The van der Waals surface area contributed by atoms with Crippen molar-refractivity contribution in [2.24, 2.45) is 0 Å². The van der Waals surface area contributed by atoms with Gasteiger partial charge in [-0.1, -0.05) is 18.2 Å². The van der Waals surface area contributed by atoms with E-state index in [-0.39, 0.29) is 6.09 Å². The third-order valence-electron chi connectivity index (χ3n) is 3.15. The van der Waals surface area contributed by atoms with Gasteiger partial charge in [-0.3, -0.25) is 0 Å². The molecule has 0 unspecified atom stereocenters. The van der Waals surface area contributed by atoms with Crippen LogP contribution in [-0.4, -0.2) is 30.2 Å². The lowest BCUT2D eigenvalue weighted by molar-refractivity contribution is -0.850. The second kappa shape index (κ2) is 5.66. The Bertz CT molecular complexity index is 323. The highest BCUT2D eigenvalue weighted by atomic mass is 16.6. The third-order valence-corrected chi connectivity index (χ3v) is 3.15. The van der Waals surface area contributed by atoms with Gasteiger partial charge in [0.25, 0.3) is 0 Å². The van der Waals surface area contributed by atoms with Gasteiger partial charge in [0.15, 0.2) is 0 Å². The quantitative estimate of drug-likeness (QED) is 0.732. The summed E-state index contributed by atoms with van der Waals surface area (Å²) in [5, 5.41) is 0. The molecule has 0 fully saturated rings. The van der Waals surface area contributed by atoms with Crippen LogP contribution in [0.25, 0.3) is 0 Å². The van der Waals surface area contributed by atoms with Crippen LogP contribution in [0, 0.1) is 0 Å². The van der Waals surface area contributed by atoms with E-state index < -0.39 is 0 Å². The van der Waals surface area contributed by atoms with Gasteiger partial charge in [0.1, 0.15) is 5.75 Å². The molecule has 1 rings (SSSR count). The molecule has 88 valence electrons. The molecule has 1 aromatic carbocycles. The first-order valence-electron chi connectivity index (χ1n) is 5.82. The molecule has 0 atom stereocenters. The molecule has 1 amide bonds. The van der Waals surface area contributed by atoms with Crippen LogP contribution in [0.2, 0.25) is 0 Å². The van der Waals surface area contributed by atoms with Gasteiger partial charge < -0.3 is 4.74 Å². The van der Waals surface area contributed by atoms with Crippen molar-refractivity contribution in [3.05, 3.63) is 30.3 Å². The Balaban J connectivity index is 2.78. The number of nitrogens with zero attached hydrogens (tertiary/aromatic N) is 1. The summed E-state index contributed by atoms with van der Waals surface area (Å²) in [6.07, 6.45) is -0.168. The second-order valence-corrected chi connectivity index (χ2v) is 3.77. The fraction of sp³-hybridized carbons (Fsp3) is 0.462. The molecule has 0 N–H and O–H groups in total. The highest BCUT2D eigenvalue weighted by Gasteiger charge is 2.33. The molecular formula is C13H20NO2+. The fourth-order valence-corrected chi connectivity index (χ4v) is 1.74. The van der Waals surface area contributed by atoms with Gasteiger partial charge in [-0.15, -0.1) is 0 Å². The highest BCUT2D eigenvalue weighted by Crippen LogP contribution is 2.14. The first-order chi connectivity index (χ1) is 7.68. The van der Waals surface area contributed by atoms with Crippen molar-refractivity contribution in [2.45, 2.75) is 20.8 Å². The zero-order valence-corrected chi connectivity index (χ0v) is 10.3. The zero-order chi connectivity index (χ0) is 12.0. The van der Waals surface area contributed by atoms with Crippen LogP contribution < -0.4 is 4.74 Å². The van der Waals surface area contributed by atoms with Crippen LogP contribution in [-0.2, 0) is 0 Å². The van der Waals surface area contributed by atoms with Crippen molar-refractivity contribution in [1.82, 2.24) is 0 Å². The number of para-hydroxylation sites is 1. The Hall–Kier alpha value is -1.35. The number of quaternary nitrogens is 1. The molecule has 0 heterocycles. The lowest BCUT2D eigenvalue weighted by Gasteiger charge is -2.30. The second-order valence-electron chi connectivity index (χ2n) is 3.77. The van der Waals surface area contributed by atoms with Crippen molar-refractivity contribution in [3.8, 4) is 5.75 Å². The Morgan fingerprint density at radius 3 is 2.00 bits per heavy atom. The summed E-state index contributed by atoms with van der Waals surface area (Å²) in [4.78, 5) is 12.1. The van der Waals surface area contributed by atoms with E-state index in [0.717, 1.165) is 19.6 Å². The van der Waals surface area contributed by atoms with Crippen LogP contribution in [0.1, 0.15) is 20.8 Å². The molecular weight excluding hydrogens is 202 g/mol. The maximum Gasteiger partial charge on any atom is 0.521 e. The largest absolute Gasteiger partial charge is 0.521 e. The predicted molar refractivity (Wildman–Crippen MR) is 64.3 cm³/mol. The number of hydrogen-bond acceptors (Lipinski definition) is 2. The molecule has 0 saturated heterocycles. The Labute approximate surface area is 97.2 Å². The smallest absolute Gasteiger partial charge is 0.381 e. The zero-order valence-electron chi connectivity index (χ0n) is 10.3. The van der Waals surface area contributed by atoms with Crippen molar-refractivity contribution in [1.29, 1.82) is 0 Å². The molecule has 0 spiro atoms. The summed E-state index contributed by atoms with van der Waals surface area (Å²) in [5.74, 6) is 0.616. The van der Waals surface area contributed by atoms with Gasteiger partial charge in [0, 0.05) is 0 Å². The first-order valence-corrected chi connectivity index (χ1v) is 5.82. The number of carbonyl (C=O) groups is 1. The summed E-state index contributed by atoms with van der Waals surface area (Å²) in [5.41, 5.74) is 0. The van der Waals surface area contributed by atoms with E-state index >= 15 is 0 Å². The topological polar surface area (TPSA) is 26.3 Å². The van der Waals surface area contributed by atoms with Crippen molar-refractivity contribution in [3.63, 3.8) is 0 Å². The summed E-state index contributed by atoms with van der Waals surface area (Å²) in [6.45, 7) is 8.33. The molecule has 0 aromatic heterocycles. The molecule has 0 aliphatic carbocycles. The predicted octanol–water partition coefficient (Wildman–Crippen LogP) is 3.06. The Kier molecular flexibility index (Phi) is 4.50. The molecule has 0 aliphatic rings. The van der Waals surface area contributed by atoms with Crippen LogP contribution >= 0.6 is 0 Å². The molecule has 3 nitrogen and oxygen atoms in total. The third kappa shape index (κ3) is 2.61. The van der Waals surface area contributed by atoms with Gasteiger partial charge in [0.2, 0.25) is 0 Å².